The summed E-state index contributed by atoms with van der Waals surface area (Å²) in [4.78, 5) is 19.8. The molecule has 0 aliphatic heterocycles. The Labute approximate surface area is 148 Å². The summed E-state index contributed by atoms with van der Waals surface area (Å²) >= 11 is 0. The number of fused-ring (bicyclic) bond motifs is 2. The van der Waals surface area contributed by atoms with Crippen molar-refractivity contribution in [1.82, 2.24) is 24.9 Å². The Morgan fingerprint density at radius 3 is 2.85 bits per heavy atom. The lowest BCUT2D eigenvalue weighted by Crippen LogP contribution is -1.87. The van der Waals surface area contributed by atoms with E-state index in [4.69, 9.17) is 4.74 Å². The van der Waals surface area contributed by atoms with E-state index in [-0.39, 0.29) is 0 Å². The average Bonchev–Trinajstić information content (AvgIpc) is 3.31. The van der Waals surface area contributed by atoms with Crippen molar-refractivity contribution in [2.24, 2.45) is 0 Å². The van der Waals surface area contributed by atoms with E-state index in [1.165, 1.54) is 0 Å². The number of ether oxygens (including phenoxy) is 1. The van der Waals surface area contributed by atoms with Gasteiger partial charge in [0.1, 0.15) is 17.7 Å². The first-order valence-corrected chi connectivity index (χ1v) is 8.23. The maximum Gasteiger partial charge on any atom is 0.141 e. The van der Waals surface area contributed by atoms with Crippen LogP contribution in [0.4, 0.5) is 0 Å². The van der Waals surface area contributed by atoms with Crippen molar-refractivity contribution in [3.05, 3.63) is 61.3 Å². The van der Waals surface area contributed by atoms with E-state index in [2.05, 4.69) is 31.0 Å². The van der Waals surface area contributed by atoms with Gasteiger partial charge in [0.15, 0.2) is 0 Å². The zero-order valence-corrected chi connectivity index (χ0v) is 14.0. The Hall–Kier alpha value is -3.67. The quantitative estimate of drug-likeness (QED) is 0.516. The molecule has 0 atom stereocenters. The van der Waals surface area contributed by atoms with Gasteiger partial charge < -0.3 is 14.7 Å². The molecule has 0 aliphatic carbocycles. The highest BCUT2D eigenvalue weighted by Crippen LogP contribution is 2.34. The number of nitrogens with one attached hydrogen (secondary N) is 2. The van der Waals surface area contributed by atoms with Crippen LogP contribution in [0.5, 0.6) is 5.75 Å². The van der Waals surface area contributed by atoms with Crippen LogP contribution in [0, 0.1) is 0 Å². The predicted molar refractivity (Wildman–Crippen MR) is 101 cm³/mol. The van der Waals surface area contributed by atoms with Gasteiger partial charge in [-0.15, -0.1) is 0 Å². The lowest BCUT2D eigenvalue weighted by Gasteiger charge is -2.00. The molecule has 0 radical (unpaired) electrons. The average molecular weight is 341 g/mol. The van der Waals surface area contributed by atoms with Crippen LogP contribution in [-0.2, 0) is 0 Å². The van der Waals surface area contributed by atoms with Crippen LogP contribution in [0.25, 0.3) is 44.5 Å². The van der Waals surface area contributed by atoms with E-state index < -0.39 is 0 Å². The normalized spacial score (nSPS) is 11.3. The first kappa shape index (κ1) is 14.7. The van der Waals surface area contributed by atoms with Gasteiger partial charge in [-0.3, -0.25) is 4.98 Å². The molecule has 0 fully saturated rings. The number of benzene rings is 1. The molecule has 0 unspecified atom stereocenters. The molecule has 0 saturated heterocycles. The third-order valence-corrected chi connectivity index (χ3v) is 4.54. The number of aromatic amines is 2. The molecular weight excluding hydrogens is 326 g/mol. The lowest BCUT2D eigenvalue weighted by atomic mass is 10.1. The largest absolute Gasteiger partial charge is 0.497 e. The van der Waals surface area contributed by atoms with Gasteiger partial charge in [-0.05, 0) is 36.4 Å². The standard InChI is InChI=1S/C20H15N5O/c1-26-13-4-5-17-14(7-13)16(10-22-17)18-8-15-19(12-3-2-6-21-9-12)23-11-24-20(15)25-18/h2-11,22H,1H3,(H,23,24,25). The molecule has 26 heavy (non-hydrogen) atoms. The second-order valence-electron chi connectivity index (χ2n) is 6.02. The van der Waals surface area contributed by atoms with Gasteiger partial charge in [0.25, 0.3) is 0 Å². The summed E-state index contributed by atoms with van der Waals surface area (Å²) in [5.74, 6) is 0.824. The van der Waals surface area contributed by atoms with Crippen LogP contribution in [0.1, 0.15) is 0 Å². The zero-order chi connectivity index (χ0) is 17.5. The zero-order valence-electron chi connectivity index (χ0n) is 14.0. The molecule has 5 rings (SSSR count). The van der Waals surface area contributed by atoms with Crippen molar-refractivity contribution >= 4 is 21.9 Å². The first-order valence-electron chi connectivity index (χ1n) is 8.23. The van der Waals surface area contributed by atoms with Crippen LogP contribution in [0.3, 0.4) is 0 Å². The molecule has 0 bridgehead atoms. The minimum Gasteiger partial charge on any atom is -0.497 e. The van der Waals surface area contributed by atoms with Crippen molar-refractivity contribution in [3.8, 4) is 28.3 Å². The molecule has 5 aromatic rings. The fourth-order valence-corrected chi connectivity index (χ4v) is 3.27. The first-order chi connectivity index (χ1) is 12.8. The number of hydrogen-bond acceptors (Lipinski definition) is 4. The number of nitrogens with zero attached hydrogens (tertiary/aromatic N) is 3. The van der Waals surface area contributed by atoms with Gasteiger partial charge in [-0.25, -0.2) is 9.97 Å². The maximum atomic E-state index is 5.37. The van der Waals surface area contributed by atoms with Gasteiger partial charge in [0, 0.05) is 51.7 Å². The molecule has 0 saturated carbocycles. The van der Waals surface area contributed by atoms with Crippen molar-refractivity contribution < 1.29 is 4.74 Å². The number of hydrogen-bond donors (Lipinski definition) is 2. The van der Waals surface area contributed by atoms with E-state index in [9.17, 15) is 0 Å². The molecule has 0 aliphatic rings. The maximum absolute atomic E-state index is 5.37. The summed E-state index contributed by atoms with van der Waals surface area (Å²) in [7, 11) is 1.67. The van der Waals surface area contributed by atoms with Crippen molar-refractivity contribution in [2.45, 2.75) is 0 Å². The van der Waals surface area contributed by atoms with E-state index in [1.807, 2.05) is 42.7 Å². The highest BCUT2D eigenvalue weighted by molar-refractivity contribution is 6.00. The van der Waals surface area contributed by atoms with Gasteiger partial charge in [-0.2, -0.15) is 0 Å². The highest BCUT2D eigenvalue weighted by Gasteiger charge is 2.14. The Morgan fingerprint density at radius 1 is 1.04 bits per heavy atom. The summed E-state index contributed by atoms with van der Waals surface area (Å²) in [6.07, 6.45) is 7.13. The minimum atomic E-state index is 0.797. The van der Waals surface area contributed by atoms with Gasteiger partial charge in [0.05, 0.1) is 12.8 Å². The Balaban J connectivity index is 1.72. The third kappa shape index (κ3) is 2.23. The van der Waals surface area contributed by atoms with Crippen LogP contribution >= 0.6 is 0 Å². The van der Waals surface area contributed by atoms with Crippen LogP contribution in [0.2, 0.25) is 0 Å². The third-order valence-electron chi connectivity index (χ3n) is 4.54. The fourth-order valence-electron chi connectivity index (χ4n) is 3.27. The topological polar surface area (TPSA) is 79.5 Å². The molecule has 0 amide bonds. The summed E-state index contributed by atoms with van der Waals surface area (Å²) < 4.78 is 5.37. The molecule has 6 heteroatoms. The number of methoxy groups -OCH3 is 1. The summed E-state index contributed by atoms with van der Waals surface area (Å²) in [5.41, 5.74) is 5.72. The SMILES string of the molecule is COc1ccc2[nH]cc(-c3cc4c(-c5cccnc5)ncnc4[nH]3)c2c1. The summed E-state index contributed by atoms with van der Waals surface area (Å²) in [6.45, 7) is 0. The predicted octanol–water partition coefficient (Wildman–Crippen LogP) is 4.18. The van der Waals surface area contributed by atoms with E-state index in [0.29, 0.717) is 0 Å². The smallest absolute Gasteiger partial charge is 0.141 e. The molecule has 1 aromatic carbocycles. The minimum absolute atomic E-state index is 0.797. The monoisotopic (exact) mass is 341 g/mol. The molecule has 6 nitrogen and oxygen atoms in total. The van der Waals surface area contributed by atoms with Crippen molar-refractivity contribution in [1.29, 1.82) is 0 Å². The molecular formula is C20H15N5O. The fraction of sp³-hybridized carbons (Fsp3) is 0.0500. The van der Waals surface area contributed by atoms with E-state index >= 15 is 0 Å². The Kier molecular flexibility index (Phi) is 3.21. The van der Waals surface area contributed by atoms with Gasteiger partial charge in [-0.1, -0.05) is 0 Å². The molecule has 126 valence electrons. The number of rotatable bonds is 3. The summed E-state index contributed by atoms with van der Waals surface area (Å²) in [6, 6.07) is 12.0. The second kappa shape index (κ2) is 5.70. The van der Waals surface area contributed by atoms with Crippen LogP contribution < -0.4 is 4.74 Å². The number of aromatic nitrogens is 5. The molecule has 4 aromatic heterocycles. The van der Waals surface area contributed by atoms with E-state index in [0.717, 1.165) is 50.2 Å². The molecule has 2 N–H and O–H groups in total. The van der Waals surface area contributed by atoms with Crippen LogP contribution in [0.15, 0.2) is 61.3 Å². The van der Waals surface area contributed by atoms with Gasteiger partial charge >= 0.3 is 0 Å². The summed E-state index contributed by atoms with van der Waals surface area (Å²) in [5, 5.41) is 2.06. The highest BCUT2D eigenvalue weighted by atomic mass is 16.5. The van der Waals surface area contributed by atoms with Crippen LogP contribution in [-0.4, -0.2) is 32.0 Å². The lowest BCUT2D eigenvalue weighted by molar-refractivity contribution is 0.415. The molecule has 0 spiro atoms. The Morgan fingerprint density at radius 2 is 2.00 bits per heavy atom. The number of pyridine rings is 1. The van der Waals surface area contributed by atoms with Crippen molar-refractivity contribution in [3.63, 3.8) is 0 Å². The Bertz CT molecular complexity index is 1220. The molecule has 4 heterocycles. The second-order valence-corrected chi connectivity index (χ2v) is 6.02. The van der Waals surface area contributed by atoms with Gasteiger partial charge in [0.2, 0.25) is 0 Å². The van der Waals surface area contributed by atoms with Crippen molar-refractivity contribution in [2.75, 3.05) is 7.11 Å². The number of H-pyrrole nitrogens is 2. The van der Waals surface area contributed by atoms with E-state index in [1.54, 1.807) is 19.6 Å².